The molecule has 0 spiro atoms. The van der Waals surface area contributed by atoms with Crippen LogP contribution in [-0.4, -0.2) is 115 Å². The zero-order valence-electron chi connectivity index (χ0n) is 31.4. The quantitative estimate of drug-likeness (QED) is 0.263. The summed E-state index contributed by atoms with van der Waals surface area (Å²) in [4.78, 5) is 55.7. The fourth-order valence-electron chi connectivity index (χ4n) is 6.43. The van der Waals surface area contributed by atoms with Crippen molar-refractivity contribution in [2.75, 3.05) is 46.0 Å². The number of thioether (sulfide) groups is 1. The van der Waals surface area contributed by atoms with E-state index >= 15 is 0 Å². The monoisotopic (exact) mass is 765 g/mol. The van der Waals surface area contributed by atoms with Crippen LogP contribution in [0.5, 0.6) is 5.75 Å². The second kappa shape index (κ2) is 16.8. The van der Waals surface area contributed by atoms with Crippen molar-refractivity contribution < 1.29 is 48.0 Å². The fraction of sp³-hybridized carbons (Fsp3) is 0.622. The van der Waals surface area contributed by atoms with E-state index in [-0.39, 0.29) is 47.9 Å². The molecule has 3 aliphatic heterocycles. The molecule has 0 aromatic heterocycles. The molecule has 3 amide bonds. The van der Waals surface area contributed by atoms with Gasteiger partial charge in [-0.2, -0.15) is 11.8 Å². The number of likely N-dealkylation sites (N-methyl/N-ethyl adjacent to an activating group) is 1. The number of allylic oxidation sites excluding steroid dienone is 3. The van der Waals surface area contributed by atoms with Crippen LogP contribution in [0.4, 0.5) is 10.5 Å². The molecular weight excluding hydrogens is 714 g/mol. The third-order valence-corrected chi connectivity index (χ3v) is 11.7. The Morgan fingerprint density at radius 2 is 1.96 bits per heavy atom. The molecule has 2 fully saturated rings. The lowest BCUT2D eigenvalue weighted by atomic mass is 9.90. The average Bonchev–Trinajstić information content (AvgIpc) is 3.73. The largest absolute Gasteiger partial charge is 0.495 e. The summed E-state index contributed by atoms with van der Waals surface area (Å²) in [5.74, 6) is -0.963. The first-order valence-corrected chi connectivity index (χ1v) is 18.8. The molecule has 3 aliphatic rings. The van der Waals surface area contributed by atoms with Crippen LogP contribution < -0.4 is 15.0 Å². The summed E-state index contributed by atoms with van der Waals surface area (Å²) in [7, 11) is 6.04. The Labute approximate surface area is 315 Å². The lowest BCUT2D eigenvalue weighted by Gasteiger charge is -2.40. The lowest BCUT2D eigenvalue weighted by Crippen LogP contribution is -2.62. The number of epoxide rings is 1. The molecule has 2 N–H and O–H groups in total. The van der Waals surface area contributed by atoms with E-state index in [2.05, 4.69) is 19.2 Å². The van der Waals surface area contributed by atoms with E-state index in [1.165, 1.54) is 31.1 Å². The minimum absolute atomic E-state index is 0.0310. The molecule has 4 bridgehead atoms. The first-order valence-electron chi connectivity index (χ1n) is 17.2. The van der Waals surface area contributed by atoms with Crippen LogP contribution in [0.15, 0.2) is 35.9 Å². The van der Waals surface area contributed by atoms with Crippen molar-refractivity contribution in [1.29, 1.82) is 0 Å². The second-order valence-corrected chi connectivity index (χ2v) is 16.4. The topological polar surface area (TPSA) is 156 Å². The molecule has 0 aliphatic carbocycles. The number of rotatable bonds is 9. The van der Waals surface area contributed by atoms with Crippen molar-refractivity contribution in [3.05, 3.63) is 46.5 Å². The highest BCUT2D eigenvalue weighted by molar-refractivity contribution is 7.99. The number of nitrogens with zero attached hydrogens (tertiary/aromatic N) is 2. The number of fused-ring (bicyclic) bond motifs is 5. The fourth-order valence-corrected chi connectivity index (χ4v) is 7.05. The average molecular weight is 766 g/mol. The van der Waals surface area contributed by atoms with Crippen molar-refractivity contribution in [3.63, 3.8) is 0 Å². The van der Waals surface area contributed by atoms with Crippen LogP contribution in [0, 0.1) is 0 Å². The zero-order chi connectivity index (χ0) is 38.6. The van der Waals surface area contributed by atoms with E-state index in [4.69, 9.17) is 35.3 Å². The van der Waals surface area contributed by atoms with Crippen molar-refractivity contribution in [2.24, 2.45) is 0 Å². The number of esters is 1. The Morgan fingerprint density at radius 3 is 2.62 bits per heavy atom. The molecule has 52 heavy (non-hydrogen) atoms. The van der Waals surface area contributed by atoms with Gasteiger partial charge in [-0.25, -0.2) is 4.79 Å². The normalized spacial score (nSPS) is 29.8. The van der Waals surface area contributed by atoms with Gasteiger partial charge < -0.3 is 38.6 Å². The molecule has 2 saturated heterocycles. The van der Waals surface area contributed by atoms with Gasteiger partial charge in [0.2, 0.25) is 11.8 Å². The summed E-state index contributed by atoms with van der Waals surface area (Å²) in [6.07, 6.45) is 4.15. The predicted octanol–water partition coefficient (Wildman–Crippen LogP) is 4.80. The van der Waals surface area contributed by atoms with Gasteiger partial charge in [-0.05, 0) is 50.6 Å². The summed E-state index contributed by atoms with van der Waals surface area (Å²) in [6.45, 7) is 7.41. The third kappa shape index (κ3) is 10.0. The first-order chi connectivity index (χ1) is 24.3. The van der Waals surface area contributed by atoms with Gasteiger partial charge in [0.15, 0.2) is 5.72 Å². The van der Waals surface area contributed by atoms with Crippen LogP contribution in [-0.2, 0) is 39.8 Å². The van der Waals surface area contributed by atoms with Crippen molar-refractivity contribution in [2.45, 2.75) is 107 Å². The van der Waals surface area contributed by atoms with E-state index in [0.717, 1.165) is 11.1 Å². The number of nitrogens with one attached hydrogen (secondary N) is 1. The Balaban J connectivity index is 1.67. The maximum Gasteiger partial charge on any atom is 0.409 e. The highest BCUT2D eigenvalue weighted by Crippen LogP contribution is 2.46. The smallest absolute Gasteiger partial charge is 0.409 e. The Bertz CT molecular complexity index is 1590. The molecule has 3 heterocycles. The number of carbonyl (C=O) groups excluding carboxylic acids is 4. The Hall–Kier alpha value is -3.30. The number of ether oxygens (including phenoxy) is 5. The number of hydrogen-bond acceptors (Lipinski definition) is 11. The van der Waals surface area contributed by atoms with Gasteiger partial charge in [-0.1, -0.05) is 49.2 Å². The van der Waals surface area contributed by atoms with Gasteiger partial charge in [0.1, 0.15) is 41.2 Å². The van der Waals surface area contributed by atoms with E-state index in [0.29, 0.717) is 24.3 Å². The second-order valence-electron chi connectivity index (χ2n) is 14.5. The summed E-state index contributed by atoms with van der Waals surface area (Å²) in [5, 5.41) is 14.3. The van der Waals surface area contributed by atoms with Crippen LogP contribution in [0.2, 0.25) is 5.02 Å². The molecule has 15 heteroatoms. The molecule has 0 unspecified atom stereocenters. The summed E-state index contributed by atoms with van der Waals surface area (Å²) in [6, 6.07) is 3.59. The number of carbonyl (C=O) groups is 4. The van der Waals surface area contributed by atoms with Gasteiger partial charge in [0.25, 0.3) is 0 Å². The molecule has 288 valence electrons. The number of anilines is 1. The highest BCUT2D eigenvalue weighted by Gasteiger charge is 2.61. The molecule has 0 saturated carbocycles. The van der Waals surface area contributed by atoms with Crippen LogP contribution in [0.1, 0.15) is 65.4 Å². The zero-order valence-corrected chi connectivity index (χ0v) is 33.0. The van der Waals surface area contributed by atoms with Gasteiger partial charge in [0, 0.05) is 45.2 Å². The van der Waals surface area contributed by atoms with E-state index in [1.54, 1.807) is 50.0 Å². The molecule has 1 aromatic rings. The number of benzene rings is 1. The van der Waals surface area contributed by atoms with Gasteiger partial charge in [0.05, 0.1) is 25.3 Å². The van der Waals surface area contributed by atoms with Gasteiger partial charge >= 0.3 is 12.1 Å². The number of amides is 3. The van der Waals surface area contributed by atoms with Crippen molar-refractivity contribution >= 4 is 52.9 Å². The lowest BCUT2D eigenvalue weighted by molar-refractivity contribution is -0.157. The number of halogens is 1. The number of methoxy groups -OCH3 is 2. The first kappa shape index (κ1) is 41.5. The molecular formula is C37H52ClN3O10S. The van der Waals surface area contributed by atoms with Crippen molar-refractivity contribution in [3.8, 4) is 5.75 Å². The minimum Gasteiger partial charge on any atom is -0.495 e. The van der Waals surface area contributed by atoms with E-state index < -0.39 is 53.7 Å². The van der Waals surface area contributed by atoms with E-state index in [1.807, 2.05) is 19.3 Å². The van der Waals surface area contributed by atoms with Crippen LogP contribution >= 0.6 is 23.4 Å². The van der Waals surface area contributed by atoms with Crippen molar-refractivity contribution in [1.82, 2.24) is 10.2 Å². The Morgan fingerprint density at radius 1 is 1.25 bits per heavy atom. The van der Waals surface area contributed by atoms with Gasteiger partial charge in [-0.3, -0.25) is 19.7 Å². The van der Waals surface area contributed by atoms with Crippen LogP contribution in [0.3, 0.4) is 0 Å². The molecule has 4 rings (SSSR count). The Kier molecular flexibility index (Phi) is 13.4. The minimum atomic E-state index is -1.80. The standard InChI is InChI=1S/C37H52ClN3O10S/c1-22-11-10-12-27(48-8)37(46)20-24(49-34(45)39-37)18-29-36(4,51-29)28(50-32(44)21-40(5)30(42)13-14-35(2,3)52-9)19-31(43)41(6)25-16-23(15-22)17-26(47-7)33(25)38/h10-12,16-17,24,27-29,46H,13-15,18-21H2,1-9H3,(H,39,45)/b12-10+,22-11+/t24-,27-,28+,29+,36+,37+/m1/s1. The SMILES string of the molecule is COc1cc2cc(c1Cl)N(C)C(=O)C[C@H](OC(=O)CN(C)C(=O)CCC(C)(C)SC)[C@]1(C)O[C@H]1C[C@@H]1C[C@@](O)(NC(=O)O1)[C@H](OC)/C=C/C=C(\C)C2. The maximum absolute atomic E-state index is 14.0. The molecule has 1 aromatic carbocycles. The predicted molar refractivity (Wildman–Crippen MR) is 199 cm³/mol. The van der Waals surface area contributed by atoms with Gasteiger partial charge in [-0.15, -0.1) is 0 Å². The summed E-state index contributed by atoms with van der Waals surface area (Å²) in [5.41, 5.74) is -0.820. The number of hydrogen-bond donors (Lipinski definition) is 2. The summed E-state index contributed by atoms with van der Waals surface area (Å²) >= 11 is 8.39. The molecule has 6 atom stereocenters. The van der Waals surface area contributed by atoms with Crippen LogP contribution in [0.25, 0.3) is 0 Å². The maximum atomic E-state index is 14.0. The molecule has 13 nitrogen and oxygen atoms in total. The number of alkyl carbamates (subject to hydrolysis) is 1. The van der Waals surface area contributed by atoms with E-state index in [9.17, 15) is 24.3 Å². The molecule has 0 radical (unpaired) electrons. The number of aliphatic hydroxyl groups is 1. The highest BCUT2D eigenvalue weighted by atomic mass is 35.5. The third-order valence-electron chi connectivity index (χ3n) is 10.1. The summed E-state index contributed by atoms with van der Waals surface area (Å²) < 4.78 is 28.7.